The molecule has 2 rings (SSSR count). The van der Waals surface area contributed by atoms with Crippen LogP contribution in [0, 0.1) is 6.92 Å². The van der Waals surface area contributed by atoms with Gasteiger partial charge < -0.3 is 15.1 Å². The minimum atomic E-state index is 0.0200. The number of carbonyl (C=O) groups excluding carboxylic acids is 2. The van der Waals surface area contributed by atoms with Crippen molar-refractivity contribution in [3.63, 3.8) is 0 Å². The summed E-state index contributed by atoms with van der Waals surface area (Å²) in [7, 11) is 0. The molecule has 1 N–H and O–H groups in total. The minimum absolute atomic E-state index is 0.0200. The molecule has 5 heteroatoms. The predicted octanol–water partition coefficient (Wildman–Crippen LogP) is 2.72. The van der Waals surface area contributed by atoms with Crippen molar-refractivity contribution in [2.24, 2.45) is 0 Å². The van der Waals surface area contributed by atoms with Crippen LogP contribution in [0.1, 0.15) is 50.7 Å². The summed E-state index contributed by atoms with van der Waals surface area (Å²) >= 11 is 0. The van der Waals surface area contributed by atoms with E-state index >= 15 is 0 Å². The lowest BCUT2D eigenvalue weighted by molar-refractivity contribution is -0.130. The Morgan fingerprint density at radius 2 is 1.92 bits per heavy atom. The van der Waals surface area contributed by atoms with Crippen molar-refractivity contribution in [1.29, 1.82) is 0 Å². The molecule has 2 amide bonds. The van der Waals surface area contributed by atoms with E-state index in [0.29, 0.717) is 25.9 Å². The second kappa shape index (κ2) is 10.3. The Balaban J connectivity index is 1.78. The standard InChI is InChI=1S/C21H33N3O2/c1-4-23(5-2)14-6-13-22-20(25)15-19-11-12-21(26)24(19)16-18-9-7-17(3)8-10-18/h7-10,19H,4-6,11-16H2,1-3H3,(H,22,25). The van der Waals surface area contributed by atoms with Crippen LogP contribution in [0.25, 0.3) is 0 Å². The smallest absolute Gasteiger partial charge is 0.223 e. The fourth-order valence-corrected chi connectivity index (χ4v) is 3.47. The molecular formula is C21H33N3O2. The summed E-state index contributed by atoms with van der Waals surface area (Å²) in [6, 6.07) is 8.27. The summed E-state index contributed by atoms with van der Waals surface area (Å²) < 4.78 is 0. The van der Waals surface area contributed by atoms with E-state index in [1.807, 2.05) is 4.90 Å². The van der Waals surface area contributed by atoms with Gasteiger partial charge in [-0.05, 0) is 45.0 Å². The van der Waals surface area contributed by atoms with Crippen molar-refractivity contribution in [3.8, 4) is 0 Å². The molecule has 1 aliphatic rings. The number of nitrogens with zero attached hydrogens (tertiary/aromatic N) is 2. The molecule has 1 atom stereocenters. The number of likely N-dealkylation sites (tertiary alicyclic amines) is 1. The molecule has 5 nitrogen and oxygen atoms in total. The van der Waals surface area contributed by atoms with Crippen LogP contribution in [0.2, 0.25) is 0 Å². The molecule has 1 unspecified atom stereocenters. The zero-order valence-corrected chi connectivity index (χ0v) is 16.5. The summed E-state index contributed by atoms with van der Waals surface area (Å²) in [6.07, 6.45) is 2.69. The lowest BCUT2D eigenvalue weighted by Crippen LogP contribution is -2.37. The van der Waals surface area contributed by atoms with Crippen LogP contribution in [-0.2, 0) is 16.1 Å². The quantitative estimate of drug-likeness (QED) is 0.654. The topological polar surface area (TPSA) is 52.7 Å². The third-order valence-electron chi connectivity index (χ3n) is 5.21. The molecular weight excluding hydrogens is 326 g/mol. The van der Waals surface area contributed by atoms with E-state index in [2.05, 4.69) is 55.3 Å². The normalized spacial score (nSPS) is 17.2. The van der Waals surface area contributed by atoms with Crippen molar-refractivity contribution in [3.05, 3.63) is 35.4 Å². The van der Waals surface area contributed by atoms with Gasteiger partial charge in [-0.2, -0.15) is 0 Å². The number of benzene rings is 1. The first-order chi connectivity index (χ1) is 12.5. The van der Waals surface area contributed by atoms with E-state index < -0.39 is 0 Å². The van der Waals surface area contributed by atoms with Gasteiger partial charge in [0.15, 0.2) is 0 Å². The van der Waals surface area contributed by atoms with Gasteiger partial charge in [0.1, 0.15) is 0 Å². The highest BCUT2D eigenvalue weighted by Gasteiger charge is 2.32. The first kappa shape index (κ1) is 20.4. The fraction of sp³-hybridized carbons (Fsp3) is 0.619. The van der Waals surface area contributed by atoms with Crippen molar-refractivity contribution in [2.75, 3.05) is 26.2 Å². The Bertz CT molecular complexity index is 581. The molecule has 1 saturated heterocycles. The number of nitrogens with one attached hydrogen (secondary N) is 1. The Morgan fingerprint density at radius 1 is 1.23 bits per heavy atom. The fourth-order valence-electron chi connectivity index (χ4n) is 3.47. The molecule has 0 saturated carbocycles. The molecule has 26 heavy (non-hydrogen) atoms. The van der Waals surface area contributed by atoms with Gasteiger partial charge in [0, 0.05) is 32.0 Å². The van der Waals surface area contributed by atoms with E-state index in [9.17, 15) is 9.59 Å². The lowest BCUT2D eigenvalue weighted by Gasteiger charge is -2.25. The van der Waals surface area contributed by atoms with Crippen molar-refractivity contribution in [1.82, 2.24) is 15.1 Å². The third-order valence-corrected chi connectivity index (χ3v) is 5.21. The van der Waals surface area contributed by atoms with Crippen LogP contribution in [0.3, 0.4) is 0 Å². The Morgan fingerprint density at radius 3 is 2.58 bits per heavy atom. The predicted molar refractivity (Wildman–Crippen MR) is 105 cm³/mol. The van der Waals surface area contributed by atoms with Gasteiger partial charge in [-0.15, -0.1) is 0 Å². The zero-order chi connectivity index (χ0) is 18.9. The zero-order valence-electron chi connectivity index (χ0n) is 16.5. The number of rotatable bonds is 10. The molecule has 1 fully saturated rings. The molecule has 1 aromatic carbocycles. The molecule has 0 spiro atoms. The summed E-state index contributed by atoms with van der Waals surface area (Å²) in [5.74, 6) is 0.211. The van der Waals surface area contributed by atoms with Gasteiger partial charge in [0.25, 0.3) is 0 Å². The molecule has 0 aliphatic carbocycles. The van der Waals surface area contributed by atoms with E-state index in [1.165, 1.54) is 5.56 Å². The monoisotopic (exact) mass is 359 g/mol. The molecule has 0 aromatic heterocycles. The largest absolute Gasteiger partial charge is 0.356 e. The van der Waals surface area contributed by atoms with Gasteiger partial charge in [0.05, 0.1) is 0 Å². The van der Waals surface area contributed by atoms with Crippen molar-refractivity contribution >= 4 is 11.8 Å². The van der Waals surface area contributed by atoms with Gasteiger partial charge in [-0.1, -0.05) is 43.7 Å². The first-order valence-corrected chi connectivity index (χ1v) is 9.87. The van der Waals surface area contributed by atoms with Crippen LogP contribution in [-0.4, -0.2) is 53.8 Å². The van der Waals surface area contributed by atoms with Crippen molar-refractivity contribution < 1.29 is 9.59 Å². The number of aryl methyl sites for hydroxylation is 1. The summed E-state index contributed by atoms with van der Waals surface area (Å²) in [4.78, 5) is 28.7. The first-order valence-electron chi connectivity index (χ1n) is 9.87. The maximum atomic E-state index is 12.3. The highest BCUT2D eigenvalue weighted by atomic mass is 16.2. The van der Waals surface area contributed by atoms with Gasteiger partial charge >= 0.3 is 0 Å². The molecule has 0 radical (unpaired) electrons. The average molecular weight is 360 g/mol. The number of hydrogen-bond donors (Lipinski definition) is 1. The maximum absolute atomic E-state index is 12.3. The summed E-state index contributed by atoms with van der Waals surface area (Å²) in [6.45, 7) is 10.8. The molecule has 0 bridgehead atoms. The highest BCUT2D eigenvalue weighted by molar-refractivity contribution is 5.82. The SMILES string of the molecule is CCN(CC)CCCNC(=O)CC1CCC(=O)N1Cc1ccc(C)cc1. The highest BCUT2D eigenvalue weighted by Crippen LogP contribution is 2.24. The lowest BCUT2D eigenvalue weighted by atomic mass is 10.1. The number of carbonyl (C=O) groups is 2. The molecule has 1 aromatic rings. The average Bonchev–Trinajstić information content (AvgIpc) is 2.97. The maximum Gasteiger partial charge on any atom is 0.223 e. The number of amides is 2. The summed E-state index contributed by atoms with van der Waals surface area (Å²) in [5.41, 5.74) is 2.33. The Hall–Kier alpha value is -1.88. The van der Waals surface area contributed by atoms with Crippen LogP contribution in [0.5, 0.6) is 0 Å². The van der Waals surface area contributed by atoms with Crippen LogP contribution in [0.4, 0.5) is 0 Å². The second-order valence-corrected chi connectivity index (χ2v) is 7.13. The van der Waals surface area contributed by atoms with Crippen LogP contribution in [0.15, 0.2) is 24.3 Å². The van der Waals surface area contributed by atoms with Crippen molar-refractivity contribution in [2.45, 2.75) is 59.0 Å². The van der Waals surface area contributed by atoms with Crippen LogP contribution < -0.4 is 5.32 Å². The van der Waals surface area contributed by atoms with E-state index in [1.54, 1.807) is 0 Å². The second-order valence-electron chi connectivity index (χ2n) is 7.13. The van der Waals surface area contributed by atoms with E-state index in [0.717, 1.165) is 38.0 Å². The summed E-state index contributed by atoms with van der Waals surface area (Å²) in [5, 5.41) is 3.02. The van der Waals surface area contributed by atoms with Crippen LogP contribution >= 0.6 is 0 Å². The molecule has 144 valence electrons. The van der Waals surface area contributed by atoms with Gasteiger partial charge in [-0.25, -0.2) is 0 Å². The minimum Gasteiger partial charge on any atom is -0.356 e. The van der Waals surface area contributed by atoms with Gasteiger partial charge in [-0.3, -0.25) is 9.59 Å². The Labute approximate surface area is 157 Å². The van der Waals surface area contributed by atoms with Gasteiger partial charge in [0.2, 0.25) is 11.8 Å². The molecule has 1 aliphatic heterocycles. The van der Waals surface area contributed by atoms with E-state index in [4.69, 9.17) is 0 Å². The third kappa shape index (κ3) is 6.13. The Kier molecular flexibility index (Phi) is 8.10. The van der Waals surface area contributed by atoms with E-state index in [-0.39, 0.29) is 17.9 Å². The molecule has 1 heterocycles. The number of hydrogen-bond acceptors (Lipinski definition) is 3.